The summed E-state index contributed by atoms with van der Waals surface area (Å²) >= 11 is 5.97. The number of rotatable bonds is 5. The van der Waals surface area contributed by atoms with Crippen LogP contribution in [0.15, 0.2) is 18.2 Å². The van der Waals surface area contributed by atoms with Gasteiger partial charge in [0, 0.05) is 23.7 Å². The molecule has 3 nitrogen and oxygen atoms in total. The lowest BCUT2D eigenvalue weighted by Crippen LogP contribution is -2.42. The highest BCUT2D eigenvalue weighted by molar-refractivity contribution is 6.30. The topological polar surface area (TPSA) is 38.5 Å². The molecule has 21 heavy (non-hydrogen) atoms. The minimum atomic E-state index is -2.83. The Bertz CT molecular complexity index is 473. The van der Waals surface area contributed by atoms with E-state index >= 15 is 0 Å². The zero-order valence-electron chi connectivity index (χ0n) is 12.1. The van der Waals surface area contributed by atoms with Crippen LogP contribution < -0.4 is 10.5 Å². The van der Waals surface area contributed by atoms with Gasteiger partial charge in [-0.25, -0.2) is 0 Å². The molecule has 0 saturated carbocycles. The first-order valence-corrected chi connectivity index (χ1v) is 7.53. The molecule has 1 heterocycles. The number of likely N-dealkylation sites (tertiary alicyclic amines) is 1. The van der Waals surface area contributed by atoms with Gasteiger partial charge in [0.2, 0.25) is 0 Å². The van der Waals surface area contributed by atoms with Gasteiger partial charge in [0.25, 0.3) is 0 Å². The monoisotopic (exact) mass is 318 g/mol. The predicted molar refractivity (Wildman–Crippen MR) is 79.7 cm³/mol. The van der Waals surface area contributed by atoms with E-state index in [0.717, 1.165) is 19.5 Å². The quantitative estimate of drug-likeness (QED) is 0.904. The fourth-order valence-electron chi connectivity index (χ4n) is 2.80. The van der Waals surface area contributed by atoms with E-state index in [2.05, 4.69) is 16.6 Å². The summed E-state index contributed by atoms with van der Waals surface area (Å²) < 4.78 is 29.5. The summed E-state index contributed by atoms with van der Waals surface area (Å²) in [5, 5.41) is 0.521. The molecule has 0 aliphatic carbocycles. The van der Waals surface area contributed by atoms with Crippen molar-refractivity contribution in [2.24, 2.45) is 17.6 Å². The lowest BCUT2D eigenvalue weighted by atomic mass is 9.87. The van der Waals surface area contributed by atoms with Crippen LogP contribution in [0.25, 0.3) is 0 Å². The fourth-order valence-corrected chi connectivity index (χ4v) is 2.99. The van der Waals surface area contributed by atoms with E-state index in [1.54, 1.807) is 12.1 Å². The number of benzene rings is 1. The van der Waals surface area contributed by atoms with Gasteiger partial charge in [-0.15, -0.1) is 0 Å². The third-order valence-corrected chi connectivity index (χ3v) is 4.37. The van der Waals surface area contributed by atoms with E-state index in [9.17, 15) is 8.78 Å². The lowest BCUT2D eigenvalue weighted by Gasteiger charge is -2.36. The van der Waals surface area contributed by atoms with Crippen molar-refractivity contribution in [3.63, 3.8) is 0 Å². The first kappa shape index (κ1) is 16.5. The summed E-state index contributed by atoms with van der Waals surface area (Å²) in [6.45, 7) is 2.37. The van der Waals surface area contributed by atoms with Crippen LogP contribution in [0.1, 0.15) is 18.9 Å². The van der Waals surface area contributed by atoms with Crippen molar-refractivity contribution in [3.8, 4) is 5.75 Å². The molecule has 1 saturated heterocycles. The van der Waals surface area contributed by atoms with E-state index in [4.69, 9.17) is 17.3 Å². The van der Waals surface area contributed by atoms with Gasteiger partial charge in [0.1, 0.15) is 5.75 Å². The number of ether oxygens (including phenoxy) is 1. The van der Waals surface area contributed by atoms with Crippen molar-refractivity contribution in [2.75, 3.05) is 19.6 Å². The van der Waals surface area contributed by atoms with Gasteiger partial charge in [-0.05, 0) is 49.5 Å². The van der Waals surface area contributed by atoms with E-state index in [0.29, 0.717) is 35.5 Å². The van der Waals surface area contributed by atoms with Crippen LogP contribution in [0.2, 0.25) is 5.02 Å². The molecule has 0 amide bonds. The van der Waals surface area contributed by atoms with Crippen LogP contribution in [-0.4, -0.2) is 31.1 Å². The number of nitrogens with two attached hydrogens (primary N) is 1. The summed E-state index contributed by atoms with van der Waals surface area (Å²) in [5.74, 6) is 1.23. The molecule has 2 atom stereocenters. The number of nitrogens with zero attached hydrogens (tertiary/aromatic N) is 1. The third kappa shape index (κ3) is 4.53. The first-order valence-electron chi connectivity index (χ1n) is 7.15. The molecular formula is C15H21ClF2N2O. The Balaban J connectivity index is 2.09. The Morgan fingerprint density at radius 3 is 2.90 bits per heavy atom. The van der Waals surface area contributed by atoms with Crippen molar-refractivity contribution in [1.29, 1.82) is 0 Å². The zero-order valence-corrected chi connectivity index (χ0v) is 12.8. The Labute approximate surface area is 129 Å². The highest BCUT2D eigenvalue weighted by Crippen LogP contribution is 2.29. The minimum absolute atomic E-state index is 0.192. The van der Waals surface area contributed by atoms with Gasteiger partial charge in [-0.2, -0.15) is 8.78 Å². The van der Waals surface area contributed by atoms with Crippen molar-refractivity contribution >= 4 is 11.6 Å². The highest BCUT2D eigenvalue weighted by atomic mass is 35.5. The molecule has 2 N–H and O–H groups in total. The van der Waals surface area contributed by atoms with Crippen LogP contribution >= 0.6 is 11.6 Å². The molecule has 0 aromatic heterocycles. The molecule has 6 heteroatoms. The average Bonchev–Trinajstić information content (AvgIpc) is 2.43. The zero-order chi connectivity index (χ0) is 15.4. The number of halogens is 3. The predicted octanol–water partition coefficient (Wildman–Crippen LogP) is 3.36. The molecule has 118 valence electrons. The molecule has 1 aliphatic heterocycles. The van der Waals surface area contributed by atoms with E-state index in [1.807, 2.05) is 0 Å². The molecule has 1 aliphatic rings. The first-order chi connectivity index (χ1) is 9.99. The Hall–Kier alpha value is -0.910. The van der Waals surface area contributed by atoms with Crippen LogP contribution in [0.3, 0.4) is 0 Å². The third-order valence-electron chi connectivity index (χ3n) is 4.13. The lowest BCUT2D eigenvalue weighted by molar-refractivity contribution is -0.0509. The maximum absolute atomic E-state index is 12.5. The van der Waals surface area contributed by atoms with Crippen molar-refractivity contribution < 1.29 is 13.5 Å². The maximum atomic E-state index is 12.5. The number of alkyl halides is 2. The average molecular weight is 319 g/mol. The minimum Gasteiger partial charge on any atom is -0.434 e. The molecule has 0 spiro atoms. The molecule has 1 aromatic rings. The number of piperidine rings is 1. The van der Waals surface area contributed by atoms with E-state index in [1.165, 1.54) is 6.07 Å². The molecule has 1 aromatic carbocycles. The van der Waals surface area contributed by atoms with Crippen molar-refractivity contribution in [1.82, 2.24) is 4.90 Å². The van der Waals surface area contributed by atoms with Crippen LogP contribution in [-0.2, 0) is 6.54 Å². The highest BCUT2D eigenvalue weighted by Gasteiger charge is 2.25. The molecule has 0 bridgehead atoms. The molecule has 2 rings (SSSR count). The van der Waals surface area contributed by atoms with Crippen LogP contribution in [0.4, 0.5) is 8.78 Å². The smallest absolute Gasteiger partial charge is 0.387 e. The van der Waals surface area contributed by atoms with Gasteiger partial charge in [-0.1, -0.05) is 18.5 Å². The second-order valence-electron chi connectivity index (χ2n) is 5.63. The van der Waals surface area contributed by atoms with Crippen molar-refractivity contribution in [2.45, 2.75) is 26.5 Å². The van der Waals surface area contributed by atoms with Gasteiger partial charge in [0.05, 0.1) is 0 Å². The summed E-state index contributed by atoms with van der Waals surface area (Å²) in [5.41, 5.74) is 6.49. The largest absolute Gasteiger partial charge is 0.434 e. The Morgan fingerprint density at radius 2 is 2.24 bits per heavy atom. The van der Waals surface area contributed by atoms with Gasteiger partial charge in [-0.3, -0.25) is 4.90 Å². The Morgan fingerprint density at radius 1 is 1.48 bits per heavy atom. The van der Waals surface area contributed by atoms with Crippen LogP contribution in [0.5, 0.6) is 5.75 Å². The number of hydrogen-bond donors (Lipinski definition) is 1. The Kier molecular flexibility index (Phi) is 5.79. The fraction of sp³-hybridized carbons (Fsp3) is 0.600. The maximum Gasteiger partial charge on any atom is 0.387 e. The summed E-state index contributed by atoms with van der Waals surface area (Å²) in [7, 11) is 0. The molecule has 1 fully saturated rings. The van der Waals surface area contributed by atoms with Gasteiger partial charge >= 0.3 is 6.61 Å². The standard InChI is InChI=1S/C15H21ClF2N2O/c1-10-4-5-20(9-12(10)7-19)8-11-6-13(16)2-3-14(11)21-15(17)18/h2-3,6,10,12,15H,4-5,7-9,19H2,1H3. The molecule has 0 radical (unpaired) electrons. The normalized spacial score (nSPS) is 23.5. The number of hydrogen-bond acceptors (Lipinski definition) is 3. The van der Waals surface area contributed by atoms with Crippen molar-refractivity contribution in [3.05, 3.63) is 28.8 Å². The molecular weight excluding hydrogens is 298 g/mol. The van der Waals surface area contributed by atoms with E-state index < -0.39 is 6.61 Å². The second kappa shape index (κ2) is 7.38. The SMILES string of the molecule is CC1CCN(Cc2cc(Cl)ccc2OC(F)F)CC1CN. The summed E-state index contributed by atoms with van der Waals surface area (Å²) in [6.07, 6.45) is 1.06. The van der Waals surface area contributed by atoms with Gasteiger partial charge < -0.3 is 10.5 Å². The second-order valence-corrected chi connectivity index (χ2v) is 6.06. The van der Waals surface area contributed by atoms with E-state index in [-0.39, 0.29) is 5.75 Å². The van der Waals surface area contributed by atoms with Crippen LogP contribution in [0, 0.1) is 11.8 Å². The molecule has 2 unspecified atom stereocenters. The van der Waals surface area contributed by atoms with Gasteiger partial charge in [0.15, 0.2) is 0 Å². The summed E-state index contributed by atoms with van der Waals surface area (Å²) in [4.78, 5) is 2.22. The summed E-state index contributed by atoms with van der Waals surface area (Å²) in [6, 6.07) is 4.75.